The molecule has 0 amide bonds. The van der Waals surface area contributed by atoms with Crippen LogP contribution in [0.4, 0.5) is 0 Å². The summed E-state index contributed by atoms with van der Waals surface area (Å²) in [6.45, 7) is 2.35. The number of carbonyl (C=O) groups is 1. The second-order valence-electron chi connectivity index (χ2n) is 15.7. The van der Waals surface area contributed by atoms with Crippen LogP contribution < -0.4 is 24.4 Å². The summed E-state index contributed by atoms with van der Waals surface area (Å²) in [5.41, 5.74) is -0.669. The van der Waals surface area contributed by atoms with Crippen molar-refractivity contribution < 1.29 is 69.6 Å². The molecular weight excluding hydrogens is 792 g/mol. The van der Waals surface area contributed by atoms with Crippen molar-refractivity contribution in [3.63, 3.8) is 0 Å². The normalized spacial score (nSPS) is 26.3. The SMILES string of the molecule is CCc1cc(O)cc(C2(Oc3c(O[C@@H]4O[C@H](C(=O)O)[C@](O)(CC5=NC=NC5)[C@@H](O)[C@H]4O)cc4c(c3O)C(O)=CC(c3ccc(OCCC5=NC(=[NH2+])C=C5)cc3)O4)CCCC2)c1. The van der Waals surface area contributed by atoms with E-state index in [4.69, 9.17) is 29.1 Å². The highest BCUT2D eigenvalue weighted by molar-refractivity contribution is 6.13. The molecule has 3 aromatic rings. The van der Waals surface area contributed by atoms with Gasteiger partial charge in [0, 0.05) is 36.8 Å². The van der Waals surface area contributed by atoms with E-state index in [-0.39, 0.29) is 46.6 Å². The number of rotatable bonds is 14. The monoisotopic (exact) mass is 839 g/mol. The Labute approximate surface area is 349 Å². The molecule has 1 saturated heterocycles. The van der Waals surface area contributed by atoms with E-state index in [1.807, 2.05) is 19.1 Å². The maximum absolute atomic E-state index is 12.6. The molecule has 320 valence electrons. The van der Waals surface area contributed by atoms with Crippen molar-refractivity contribution >= 4 is 35.3 Å². The molecule has 5 aliphatic rings. The minimum absolute atomic E-state index is 0.0193. The Morgan fingerprint density at radius 2 is 1.80 bits per heavy atom. The van der Waals surface area contributed by atoms with Gasteiger partial charge in [-0.1, -0.05) is 25.1 Å². The Morgan fingerprint density at radius 3 is 2.48 bits per heavy atom. The number of fused-ring (bicyclic) bond motifs is 1. The van der Waals surface area contributed by atoms with E-state index in [1.165, 1.54) is 18.5 Å². The summed E-state index contributed by atoms with van der Waals surface area (Å²) in [7, 11) is 0. The average molecular weight is 840 g/mol. The second kappa shape index (κ2) is 16.6. The molecule has 0 radical (unpaired) electrons. The topological polar surface area (TPSA) is 267 Å². The van der Waals surface area contributed by atoms with Gasteiger partial charge in [0.2, 0.25) is 12.0 Å². The molecular formula is C44H47N4O13+. The number of amidine groups is 1. The third kappa shape index (κ3) is 8.16. The number of nitrogens with two attached hydrogens (primary N) is 1. The van der Waals surface area contributed by atoms with E-state index in [0.29, 0.717) is 55.0 Å². The summed E-state index contributed by atoms with van der Waals surface area (Å²) < 4.78 is 30.9. The van der Waals surface area contributed by atoms with Crippen LogP contribution in [0.2, 0.25) is 0 Å². The molecule has 17 heteroatoms. The number of aliphatic hydroxyl groups excluding tert-OH is 3. The fraction of sp³-hybridized carbons (Fsp3) is 0.386. The van der Waals surface area contributed by atoms with Crippen LogP contribution in [0.5, 0.6) is 34.5 Å². The Kier molecular flexibility index (Phi) is 11.3. The van der Waals surface area contributed by atoms with E-state index in [9.17, 15) is 40.5 Å². The van der Waals surface area contributed by atoms with E-state index in [2.05, 4.69) is 15.0 Å². The average Bonchev–Trinajstić information content (AvgIpc) is 4.03. The fourth-order valence-corrected chi connectivity index (χ4v) is 8.37. The molecule has 0 bridgehead atoms. The van der Waals surface area contributed by atoms with Gasteiger partial charge in [0.1, 0.15) is 64.4 Å². The molecule has 2 fully saturated rings. The maximum atomic E-state index is 12.6. The standard InChI is InChI=1S/C44H46N4O13/c1-2-23-15-25(17-28(49)16-23)43(12-3-4-13-43)61-38-33(59-42-37(52)39(53)44(56,40(60-42)41(54)55)20-27-21-46-22-47-27)19-32-35(36(38)51)30(50)18-31(58-32)24-5-8-29(9-6-24)57-14-11-26-7-10-34(45)48-26/h5-10,15-19,22,31,37,39-40,42,45,49-53,56H,2-4,11-14,20-21H2,1H3,(H,54,55)/p+1/t31?,37-,39+,40-,42-,44+/m1/s1. The number of benzene rings is 3. The predicted molar refractivity (Wildman–Crippen MR) is 220 cm³/mol. The summed E-state index contributed by atoms with van der Waals surface area (Å²) in [6.07, 6.45) is 0.114. The molecule has 6 atom stereocenters. The lowest BCUT2D eigenvalue weighted by molar-refractivity contribution is -0.303. The van der Waals surface area contributed by atoms with Crippen molar-refractivity contribution in [1.29, 1.82) is 0 Å². The lowest BCUT2D eigenvalue weighted by Gasteiger charge is -2.46. The lowest BCUT2D eigenvalue weighted by Crippen LogP contribution is -2.69. The van der Waals surface area contributed by atoms with Crippen LogP contribution in [-0.4, -0.2) is 109 Å². The van der Waals surface area contributed by atoms with Crippen molar-refractivity contribution in [2.45, 2.75) is 93.8 Å². The zero-order valence-corrected chi connectivity index (χ0v) is 33.2. The number of aromatic hydroxyl groups is 2. The summed E-state index contributed by atoms with van der Waals surface area (Å²) in [4.78, 5) is 24.8. The van der Waals surface area contributed by atoms with Gasteiger partial charge < -0.3 is 59.4 Å². The van der Waals surface area contributed by atoms with Crippen molar-refractivity contribution in [3.05, 3.63) is 89.0 Å². The number of aliphatic carboxylic acids is 1. The van der Waals surface area contributed by atoms with Gasteiger partial charge in [-0.3, -0.25) is 10.4 Å². The van der Waals surface area contributed by atoms with Crippen LogP contribution in [0, 0.1) is 0 Å². The zero-order valence-electron chi connectivity index (χ0n) is 33.2. The van der Waals surface area contributed by atoms with Crippen LogP contribution in [0.25, 0.3) is 5.76 Å². The fourth-order valence-electron chi connectivity index (χ4n) is 8.37. The number of carboxylic acid groups (broad SMARTS) is 1. The lowest BCUT2D eigenvalue weighted by atomic mass is 9.80. The van der Waals surface area contributed by atoms with Crippen LogP contribution >= 0.6 is 0 Å². The number of ether oxygens (including phenoxy) is 5. The predicted octanol–water partition coefficient (Wildman–Crippen LogP) is 2.99. The molecule has 1 saturated carbocycles. The Hall–Kier alpha value is -6.27. The van der Waals surface area contributed by atoms with Gasteiger partial charge in [-0.05, 0) is 84.1 Å². The first kappa shape index (κ1) is 41.5. The molecule has 0 spiro atoms. The van der Waals surface area contributed by atoms with Crippen LogP contribution in [-0.2, 0) is 21.6 Å². The molecule has 4 aliphatic heterocycles. The number of aliphatic hydroxyl groups is 4. The van der Waals surface area contributed by atoms with Gasteiger partial charge in [0.25, 0.3) is 0 Å². The number of allylic oxidation sites excluding steroid dienone is 1. The smallest absolute Gasteiger partial charge is 0.336 e. The molecule has 1 unspecified atom stereocenters. The van der Waals surface area contributed by atoms with E-state index in [0.717, 1.165) is 24.1 Å². The number of aryl methyl sites for hydroxylation is 1. The summed E-state index contributed by atoms with van der Waals surface area (Å²) in [6, 6.07) is 13.4. The minimum Gasteiger partial charge on any atom is -0.508 e. The van der Waals surface area contributed by atoms with Crippen molar-refractivity contribution in [1.82, 2.24) is 0 Å². The molecule has 4 heterocycles. The summed E-state index contributed by atoms with van der Waals surface area (Å²) >= 11 is 0. The number of hydrogen-bond donors (Lipinski definition) is 8. The Morgan fingerprint density at radius 1 is 1.03 bits per heavy atom. The minimum atomic E-state index is -2.54. The van der Waals surface area contributed by atoms with Crippen molar-refractivity contribution in [2.75, 3.05) is 13.2 Å². The highest BCUT2D eigenvalue weighted by Crippen LogP contribution is 2.55. The van der Waals surface area contributed by atoms with E-state index >= 15 is 0 Å². The molecule has 1 aliphatic carbocycles. The molecule has 3 aromatic carbocycles. The van der Waals surface area contributed by atoms with Gasteiger partial charge in [-0.25, -0.2) is 9.79 Å². The maximum Gasteiger partial charge on any atom is 0.336 e. The Bertz CT molecular complexity index is 2370. The first-order valence-electron chi connectivity index (χ1n) is 20.0. The second-order valence-corrected chi connectivity index (χ2v) is 15.7. The molecule has 8 rings (SSSR count). The van der Waals surface area contributed by atoms with E-state index < -0.39 is 60.0 Å². The number of aliphatic imine (C=N–C) groups is 3. The zero-order chi connectivity index (χ0) is 43.1. The van der Waals surface area contributed by atoms with Gasteiger partial charge in [-0.2, -0.15) is 0 Å². The van der Waals surface area contributed by atoms with Gasteiger partial charge >= 0.3 is 11.8 Å². The first-order valence-corrected chi connectivity index (χ1v) is 20.0. The largest absolute Gasteiger partial charge is 0.508 e. The quantitative estimate of drug-likeness (QED) is 0.116. The third-order valence-electron chi connectivity index (χ3n) is 11.6. The third-order valence-corrected chi connectivity index (χ3v) is 11.6. The number of hydrogen-bond acceptors (Lipinski definition) is 14. The highest BCUT2D eigenvalue weighted by Gasteiger charge is 2.59. The Balaban J connectivity index is 1.13. The molecule has 0 aromatic heterocycles. The highest BCUT2D eigenvalue weighted by atomic mass is 16.7. The van der Waals surface area contributed by atoms with Crippen LogP contribution in [0.3, 0.4) is 0 Å². The van der Waals surface area contributed by atoms with Gasteiger partial charge in [0.15, 0.2) is 23.3 Å². The van der Waals surface area contributed by atoms with E-state index in [1.54, 1.807) is 42.5 Å². The first-order chi connectivity index (χ1) is 29.3. The molecule has 61 heavy (non-hydrogen) atoms. The van der Waals surface area contributed by atoms with Gasteiger partial charge in [0.05, 0.1) is 13.2 Å². The number of nitrogens with zero attached hydrogens (tertiary/aromatic N) is 3. The van der Waals surface area contributed by atoms with Crippen LogP contribution in [0.15, 0.2) is 81.7 Å². The molecule has 17 nitrogen and oxygen atoms in total. The van der Waals surface area contributed by atoms with Gasteiger partial charge in [-0.15, -0.1) is 0 Å². The van der Waals surface area contributed by atoms with Crippen LogP contribution in [0.1, 0.15) is 73.8 Å². The number of phenolic OH excluding ortho intramolecular Hbond substituents is 2. The van der Waals surface area contributed by atoms with Crippen molar-refractivity contribution in [3.8, 4) is 34.5 Å². The number of phenols is 2. The summed E-state index contributed by atoms with van der Waals surface area (Å²) in [5, 5.41) is 84.6. The number of carboxylic acids is 1. The van der Waals surface area contributed by atoms with Crippen molar-refractivity contribution in [2.24, 2.45) is 15.0 Å². The molecule has 9 N–H and O–H groups in total. The summed E-state index contributed by atoms with van der Waals surface area (Å²) in [5.74, 6) is -2.29.